The van der Waals surface area contributed by atoms with E-state index in [0.717, 1.165) is 5.52 Å². The van der Waals surface area contributed by atoms with Crippen molar-refractivity contribution in [2.45, 2.75) is 13.2 Å². The lowest BCUT2D eigenvalue weighted by molar-refractivity contribution is -0.118. The van der Waals surface area contributed by atoms with Crippen molar-refractivity contribution in [3.63, 3.8) is 0 Å². The van der Waals surface area contributed by atoms with Gasteiger partial charge in [-0.15, -0.1) is 0 Å². The summed E-state index contributed by atoms with van der Waals surface area (Å²) in [5.41, 5.74) is 12.7. The molecular formula is C10H12N4O2. The Morgan fingerprint density at radius 2 is 2.25 bits per heavy atom. The Kier molecular flexibility index (Phi) is 2.49. The predicted molar refractivity (Wildman–Crippen MR) is 59.3 cm³/mol. The number of hydrogen-bond acceptors (Lipinski definition) is 4. The normalized spacial score (nSPS) is 10.8. The lowest BCUT2D eigenvalue weighted by atomic mass is 10.3. The highest BCUT2D eigenvalue weighted by Gasteiger charge is 2.11. The molecule has 0 radical (unpaired) electrons. The monoisotopic (exact) mass is 220 g/mol. The van der Waals surface area contributed by atoms with Crippen LogP contribution in [0.2, 0.25) is 0 Å². The van der Waals surface area contributed by atoms with Crippen LogP contribution in [0.3, 0.4) is 0 Å². The predicted octanol–water partition coefficient (Wildman–Crippen LogP) is -0.404. The quantitative estimate of drug-likeness (QED) is 0.611. The Labute approximate surface area is 91.5 Å². The van der Waals surface area contributed by atoms with Crippen LogP contribution in [0.5, 0.6) is 0 Å². The number of carbonyl (C=O) groups is 1. The Morgan fingerprint density at radius 1 is 1.50 bits per heavy atom. The number of nitrogens with two attached hydrogens (primary N) is 2. The third-order valence-corrected chi connectivity index (χ3v) is 2.31. The van der Waals surface area contributed by atoms with E-state index in [1.165, 1.54) is 0 Å². The Hall–Kier alpha value is -2.08. The third kappa shape index (κ3) is 1.70. The van der Waals surface area contributed by atoms with Crippen molar-refractivity contribution in [3.8, 4) is 0 Å². The van der Waals surface area contributed by atoms with Gasteiger partial charge in [-0.05, 0) is 18.2 Å². The Morgan fingerprint density at radius 3 is 2.88 bits per heavy atom. The van der Waals surface area contributed by atoms with Crippen molar-refractivity contribution in [2.75, 3.05) is 5.73 Å². The molecule has 0 saturated carbocycles. The van der Waals surface area contributed by atoms with Crippen LogP contribution in [0.25, 0.3) is 11.0 Å². The second kappa shape index (κ2) is 3.82. The zero-order valence-corrected chi connectivity index (χ0v) is 8.55. The van der Waals surface area contributed by atoms with Gasteiger partial charge in [0.15, 0.2) is 0 Å². The van der Waals surface area contributed by atoms with Gasteiger partial charge < -0.3 is 21.1 Å². The summed E-state index contributed by atoms with van der Waals surface area (Å²) >= 11 is 0. The van der Waals surface area contributed by atoms with Crippen LogP contribution >= 0.6 is 0 Å². The molecule has 0 aliphatic heterocycles. The number of fused-ring (bicyclic) bond motifs is 1. The average Bonchev–Trinajstić information content (AvgIpc) is 2.55. The summed E-state index contributed by atoms with van der Waals surface area (Å²) in [6.45, 7) is -0.252. The number of aliphatic hydroxyl groups excluding tert-OH is 1. The molecule has 16 heavy (non-hydrogen) atoms. The highest BCUT2D eigenvalue weighted by Crippen LogP contribution is 2.18. The van der Waals surface area contributed by atoms with Crippen molar-refractivity contribution in [1.29, 1.82) is 0 Å². The van der Waals surface area contributed by atoms with Crippen LogP contribution in [0.4, 0.5) is 5.69 Å². The van der Waals surface area contributed by atoms with Crippen molar-refractivity contribution >= 4 is 22.6 Å². The van der Waals surface area contributed by atoms with Crippen LogP contribution in [-0.2, 0) is 17.9 Å². The largest absolute Gasteiger partial charge is 0.399 e. The van der Waals surface area contributed by atoms with E-state index in [0.29, 0.717) is 17.0 Å². The van der Waals surface area contributed by atoms with Crippen LogP contribution in [0.1, 0.15) is 5.82 Å². The summed E-state index contributed by atoms with van der Waals surface area (Å²) in [6.07, 6.45) is 0. The van der Waals surface area contributed by atoms with Crippen LogP contribution in [0, 0.1) is 0 Å². The minimum Gasteiger partial charge on any atom is -0.399 e. The maximum atomic E-state index is 10.9. The third-order valence-electron chi connectivity index (χ3n) is 2.31. The summed E-state index contributed by atoms with van der Waals surface area (Å²) in [4.78, 5) is 15.1. The molecule has 1 aromatic carbocycles. The number of rotatable bonds is 3. The standard InChI is InChI=1S/C10H12N4O2/c11-6-1-2-8-7(3-6)13-10(5-15)14(8)4-9(12)16/h1-3,15H,4-5,11H2,(H2,12,16). The fourth-order valence-corrected chi connectivity index (χ4v) is 1.65. The van der Waals surface area contributed by atoms with E-state index >= 15 is 0 Å². The molecule has 2 aromatic rings. The summed E-state index contributed by atoms with van der Waals surface area (Å²) in [7, 11) is 0. The molecule has 0 aliphatic carbocycles. The molecule has 0 atom stereocenters. The molecule has 0 aliphatic rings. The molecule has 6 heteroatoms. The Bertz CT molecular complexity index is 547. The maximum absolute atomic E-state index is 10.9. The molecular weight excluding hydrogens is 208 g/mol. The van der Waals surface area contributed by atoms with E-state index in [1.807, 2.05) is 0 Å². The zero-order chi connectivity index (χ0) is 11.7. The van der Waals surface area contributed by atoms with E-state index < -0.39 is 5.91 Å². The number of anilines is 1. The second-order valence-corrected chi connectivity index (χ2v) is 3.49. The van der Waals surface area contributed by atoms with Gasteiger partial charge in [0.05, 0.1) is 11.0 Å². The fourth-order valence-electron chi connectivity index (χ4n) is 1.65. The Balaban J connectivity index is 2.63. The number of aromatic nitrogens is 2. The number of primary amides is 1. The first-order chi connectivity index (χ1) is 7.61. The van der Waals surface area contributed by atoms with Crippen molar-refractivity contribution in [3.05, 3.63) is 24.0 Å². The highest BCUT2D eigenvalue weighted by atomic mass is 16.3. The fraction of sp³-hybridized carbons (Fsp3) is 0.200. The molecule has 6 nitrogen and oxygen atoms in total. The van der Waals surface area contributed by atoms with Gasteiger partial charge in [-0.2, -0.15) is 0 Å². The van der Waals surface area contributed by atoms with Crippen LogP contribution < -0.4 is 11.5 Å². The van der Waals surface area contributed by atoms with E-state index in [9.17, 15) is 4.79 Å². The van der Waals surface area contributed by atoms with Crippen molar-refractivity contribution in [2.24, 2.45) is 5.73 Å². The van der Waals surface area contributed by atoms with Gasteiger partial charge in [0, 0.05) is 5.69 Å². The number of amides is 1. The van der Waals surface area contributed by atoms with E-state index in [4.69, 9.17) is 16.6 Å². The lowest BCUT2D eigenvalue weighted by Gasteiger charge is -2.04. The molecule has 0 bridgehead atoms. The van der Waals surface area contributed by atoms with Gasteiger partial charge in [-0.3, -0.25) is 4.79 Å². The first-order valence-corrected chi connectivity index (χ1v) is 4.75. The number of nitrogen functional groups attached to an aromatic ring is 1. The van der Waals surface area contributed by atoms with Gasteiger partial charge in [0.25, 0.3) is 0 Å². The summed E-state index contributed by atoms with van der Waals surface area (Å²) in [5, 5.41) is 9.13. The average molecular weight is 220 g/mol. The number of carbonyl (C=O) groups excluding carboxylic acids is 1. The van der Waals surface area contributed by atoms with Gasteiger partial charge in [-0.1, -0.05) is 0 Å². The highest BCUT2D eigenvalue weighted by molar-refractivity contribution is 5.82. The first-order valence-electron chi connectivity index (χ1n) is 4.75. The molecule has 5 N–H and O–H groups in total. The minimum atomic E-state index is -0.481. The zero-order valence-electron chi connectivity index (χ0n) is 8.55. The number of nitrogens with zero attached hydrogens (tertiary/aromatic N) is 2. The topological polar surface area (TPSA) is 107 Å². The van der Waals surface area contributed by atoms with Gasteiger partial charge in [0.2, 0.25) is 5.91 Å². The molecule has 0 fully saturated rings. The lowest BCUT2D eigenvalue weighted by Crippen LogP contribution is -2.20. The smallest absolute Gasteiger partial charge is 0.237 e. The van der Waals surface area contributed by atoms with Crippen molar-refractivity contribution < 1.29 is 9.90 Å². The number of aliphatic hydroxyl groups is 1. The first kappa shape index (κ1) is 10.4. The maximum Gasteiger partial charge on any atom is 0.237 e. The van der Waals surface area contributed by atoms with E-state index in [2.05, 4.69) is 4.98 Å². The molecule has 1 heterocycles. The van der Waals surface area contributed by atoms with Gasteiger partial charge >= 0.3 is 0 Å². The van der Waals surface area contributed by atoms with Gasteiger partial charge in [-0.25, -0.2) is 4.98 Å². The molecule has 1 aromatic heterocycles. The number of hydrogen-bond donors (Lipinski definition) is 3. The second-order valence-electron chi connectivity index (χ2n) is 3.49. The summed E-state index contributed by atoms with van der Waals surface area (Å²) in [6, 6.07) is 5.15. The number of imidazole rings is 1. The van der Waals surface area contributed by atoms with E-state index in [-0.39, 0.29) is 13.2 Å². The van der Waals surface area contributed by atoms with Crippen molar-refractivity contribution in [1.82, 2.24) is 9.55 Å². The molecule has 1 amide bonds. The molecule has 2 rings (SSSR count). The van der Waals surface area contributed by atoms with Gasteiger partial charge in [0.1, 0.15) is 19.0 Å². The summed E-state index contributed by atoms with van der Waals surface area (Å²) < 4.78 is 1.58. The number of benzene rings is 1. The summed E-state index contributed by atoms with van der Waals surface area (Å²) in [5.74, 6) is -0.0785. The molecule has 0 unspecified atom stereocenters. The van der Waals surface area contributed by atoms with Crippen LogP contribution in [-0.4, -0.2) is 20.6 Å². The molecule has 0 saturated heterocycles. The SMILES string of the molecule is NC(=O)Cn1c(CO)nc2cc(N)ccc21. The van der Waals surface area contributed by atoms with E-state index in [1.54, 1.807) is 22.8 Å². The molecule has 0 spiro atoms. The molecule has 84 valence electrons. The van der Waals surface area contributed by atoms with Crippen LogP contribution in [0.15, 0.2) is 18.2 Å². The minimum absolute atomic E-state index is 0.00366.